The highest BCUT2D eigenvalue weighted by Crippen LogP contribution is 2.38. The molecule has 132 valence electrons. The van der Waals surface area contributed by atoms with Crippen molar-refractivity contribution in [3.05, 3.63) is 65.2 Å². The maximum Gasteiger partial charge on any atom is 0.340 e. The number of rotatable bonds is 3. The number of nitrogens with zero attached hydrogens (tertiary/aromatic N) is 1. The summed E-state index contributed by atoms with van der Waals surface area (Å²) < 4.78 is 5.42. The van der Waals surface area contributed by atoms with Crippen LogP contribution in [0.2, 0.25) is 0 Å². The molecule has 0 aromatic heterocycles. The van der Waals surface area contributed by atoms with Gasteiger partial charge in [0, 0.05) is 17.7 Å². The van der Waals surface area contributed by atoms with Crippen LogP contribution in [0.5, 0.6) is 0 Å². The minimum atomic E-state index is -0.845. The molecule has 0 unspecified atom stereocenters. The first-order chi connectivity index (χ1) is 12.5. The van der Waals surface area contributed by atoms with Gasteiger partial charge in [0.05, 0.1) is 5.56 Å². The highest BCUT2D eigenvalue weighted by molar-refractivity contribution is 6.00. The van der Waals surface area contributed by atoms with Crippen LogP contribution in [-0.4, -0.2) is 28.7 Å². The molecule has 1 N–H and O–H groups in total. The van der Waals surface area contributed by atoms with Crippen molar-refractivity contribution < 1.29 is 19.1 Å². The molecule has 2 aliphatic rings. The largest absolute Gasteiger partial charge is 0.433 e. The number of nitrogens with one attached hydrogen (secondary N) is 1. The topological polar surface area (TPSA) is 75.7 Å². The lowest BCUT2D eigenvalue weighted by Crippen LogP contribution is -2.43. The number of aryl methyl sites for hydroxylation is 1. The van der Waals surface area contributed by atoms with E-state index in [-0.39, 0.29) is 18.2 Å². The van der Waals surface area contributed by atoms with Crippen LogP contribution in [0.4, 0.5) is 5.69 Å². The number of anilines is 1. The van der Waals surface area contributed by atoms with Crippen LogP contribution in [0, 0.1) is 6.92 Å². The first-order valence-electron chi connectivity index (χ1n) is 8.53. The lowest BCUT2D eigenvalue weighted by Gasteiger charge is -2.29. The van der Waals surface area contributed by atoms with Gasteiger partial charge in [-0.3, -0.25) is 14.5 Å². The van der Waals surface area contributed by atoms with Gasteiger partial charge in [-0.15, -0.1) is 0 Å². The van der Waals surface area contributed by atoms with Gasteiger partial charge in [0.15, 0.2) is 0 Å². The fourth-order valence-electron chi connectivity index (χ4n) is 3.54. The van der Waals surface area contributed by atoms with Crippen molar-refractivity contribution >= 4 is 23.5 Å². The molecule has 2 amide bonds. The number of esters is 1. The summed E-state index contributed by atoms with van der Waals surface area (Å²) in [7, 11) is 0. The summed E-state index contributed by atoms with van der Waals surface area (Å²) in [5.41, 5.74) is 2.77. The standard InChI is InChI=1S/C20H18N2O4/c1-12-5-4-6-13(11-12)21-18(24)16-9-10-17(23)22(16)19-14-7-2-3-8-15(14)20(25)26-19/h2-8,11,16,19H,9-10H2,1H3,(H,21,24)/t16-,19-/m0/s1. The molecular formula is C20H18N2O4. The second-order valence-electron chi connectivity index (χ2n) is 6.56. The molecule has 0 aliphatic carbocycles. The zero-order chi connectivity index (χ0) is 18.3. The molecule has 0 spiro atoms. The number of benzene rings is 2. The summed E-state index contributed by atoms with van der Waals surface area (Å²) in [6, 6.07) is 13.7. The van der Waals surface area contributed by atoms with Gasteiger partial charge in [-0.05, 0) is 37.1 Å². The summed E-state index contributed by atoms with van der Waals surface area (Å²) >= 11 is 0. The Bertz CT molecular complexity index is 908. The number of likely N-dealkylation sites (tertiary alicyclic amines) is 1. The third-order valence-electron chi connectivity index (χ3n) is 4.76. The highest BCUT2D eigenvalue weighted by atomic mass is 16.6. The van der Waals surface area contributed by atoms with E-state index >= 15 is 0 Å². The maximum absolute atomic E-state index is 12.8. The van der Waals surface area contributed by atoms with Crippen molar-refractivity contribution in [2.75, 3.05) is 5.32 Å². The van der Waals surface area contributed by atoms with Crippen LogP contribution in [0.15, 0.2) is 48.5 Å². The molecule has 4 rings (SSSR count). The van der Waals surface area contributed by atoms with E-state index in [1.165, 1.54) is 4.90 Å². The van der Waals surface area contributed by atoms with E-state index in [1.807, 2.05) is 25.1 Å². The van der Waals surface area contributed by atoms with Crippen LogP contribution in [0.25, 0.3) is 0 Å². The fourth-order valence-corrected chi connectivity index (χ4v) is 3.54. The van der Waals surface area contributed by atoms with Gasteiger partial charge >= 0.3 is 5.97 Å². The van der Waals surface area contributed by atoms with Crippen molar-refractivity contribution in [2.45, 2.75) is 32.0 Å². The molecule has 2 heterocycles. The minimum absolute atomic E-state index is 0.191. The molecule has 6 heteroatoms. The minimum Gasteiger partial charge on any atom is -0.433 e. The lowest BCUT2D eigenvalue weighted by atomic mass is 10.1. The summed E-state index contributed by atoms with van der Waals surface area (Å²) in [4.78, 5) is 38.7. The SMILES string of the molecule is Cc1cccc(NC(=O)[C@@H]2CCC(=O)N2[C@H]2OC(=O)c3ccccc32)c1. The highest BCUT2D eigenvalue weighted by Gasteiger charge is 2.46. The van der Waals surface area contributed by atoms with Crippen molar-refractivity contribution in [1.29, 1.82) is 0 Å². The number of amides is 2. The Labute approximate surface area is 150 Å². The van der Waals surface area contributed by atoms with E-state index in [9.17, 15) is 14.4 Å². The van der Waals surface area contributed by atoms with Gasteiger partial charge in [0.1, 0.15) is 6.04 Å². The number of carbonyl (C=O) groups excluding carboxylic acids is 3. The number of carbonyl (C=O) groups is 3. The number of hydrogen-bond donors (Lipinski definition) is 1. The van der Waals surface area contributed by atoms with Crippen LogP contribution < -0.4 is 5.32 Å². The molecule has 1 saturated heterocycles. The Hall–Kier alpha value is -3.15. The molecule has 2 aliphatic heterocycles. The molecule has 2 aromatic rings. The average Bonchev–Trinajstić information content (AvgIpc) is 3.15. The predicted octanol–water partition coefficient (Wildman–Crippen LogP) is 2.79. The fraction of sp³-hybridized carbons (Fsp3) is 0.250. The Morgan fingerprint density at radius 3 is 2.77 bits per heavy atom. The summed E-state index contributed by atoms with van der Waals surface area (Å²) in [6.45, 7) is 1.94. The normalized spacial score (nSPS) is 21.5. The molecule has 0 bridgehead atoms. The number of fused-ring (bicyclic) bond motifs is 1. The zero-order valence-electron chi connectivity index (χ0n) is 14.3. The summed E-state index contributed by atoms with van der Waals surface area (Å²) in [6.07, 6.45) is -0.198. The van der Waals surface area contributed by atoms with Crippen molar-refractivity contribution in [3.63, 3.8) is 0 Å². The molecule has 2 aromatic carbocycles. The number of ether oxygens (including phenoxy) is 1. The Morgan fingerprint density at radius 1 is 1.15 bits per heavy atom. The quantitative estimate of drug-likeness (QED) is 0.864. The van der Waals surface area contributed by atoms with Crippen LogP contribution in [0.3, 0.4) is 0 Å². The van der Waals surface area contributed by atoms with Gasteiger partial charge in [-0.1, -0.05) is 30.3 Å². The van der Waals surface area contributed by atoms with Gasteiger partial charge in [-0.2, -0.15) is 0 Å². The summed E-state index contributed by atoms with van der Waals surface area (Å²) in [5, 5.41) is 2.86. The van der Waals surface area contributed by atoms with E-state index in [2.05, 4.69) is 5.32 Å². The first-order valence-corrected chi connectivity index (χ1v) is 8.53. The van der Waals surface area contributed by atoms with Gasteiger partial charge in [0.2, 0.25) is 18.0 Å². The molecule has 0 radical (unpaired) electrons. The Morgan fingerprint density at radius 2 is 1.96 bits per heavy atom. The van der Waals surface area contributed by atoms with Crippen LogP contribution >= 0.6 is 0 Å². The van der Waals surface area contributed by atoms with E-state index < -0.39 is 18.2 Å². The van der Waals surface area contributed by atoms with E-state index in [0.29, 0.717) is 23.2 Å². The molecule has 6 nitrogen and oxygen atoms in total. The second-order valence-corrected chi connectivity index (χ2v) is 6.56. The van der Waals surface area contributed by atoms with Crippen molar-refractivity contribution in [1.82, 2.24) is 4.90 Å². The van der Waals surface area contributed by atoms with E-state index in [0.717, 1.165) is 5.56 Å². The molecule has 0 saturated carbocycles. The summed E-state index contributed by atoms with van der Waals surface area (Å²) in [5.74, 6) is -0.936. The van der Waals surface area contributed by atoms with Crippen molar-refractivity contribution in [3.8, 4) is 0 Å². The molecule has 26 heavy (non-hydrogen) atoms. The maximum atomic E-state index is 12.8. The lowest BCUT2D eigenvalue weighted by molar-refractivity contribution is -0.144. The third kappa shape index (κ3) is 2.73. The Balaban J connectivity index is 1.60. The molecule has 2 atom stereocenters. The smallest absolute Gasteiger partial charge is 0.340 e. The van der Waals surface area contributed by atoms with E-state index in [4.69, 9.17) is 4.74 Å². The van der Waals surface area contributed by atoms with Gasteiger partial charge < -0.3 is 10.1 Å². The number of cyclic esters (lactones) is 1. The first kappa shape index (κ1) is 16.3. The van der Waals surface area contributed by atoms with Crippen molar-refractivity contribution in [2.24, 2.45) is 0 Å². The van der Waals surface area contributed by atoms with Gasteiger partial charge in [0.25, 0.3) is 0 Å². The second kappa shape index (κ2) is 6.29. The monoisotopic (exact) mass is 350 g/mol. The predicted molar refractivity (Wildman–Crippen MR) is 94.3 cm³/mol. The Kier molecular flexibility index (Phi) is 3.95. The molecule has 1 fully saturated rings. The van der Waals surface area contributed by atoms with Crippen LogP contribution in [0.1, 0.15) is 40.6 Å². The van der Waals surface area contributed by atoms with E-state index in [1.54, 1.807) is 30.3 Å². The average molecular weight is 350 g/mol. The number of hydrogen-bond acceptors (Lipinski definition) is 4. The van der Waals surface area contributed by atoms with Gasteiger partial charge in [-0.25, -0.2) is 4.79 Å². The third-order valence-corrected chi connectivity index (χ3v) is 4.76. The molecular weight excluding hydrogens is 332 g/mol. The van der Waals surface area contributed by atoms with Crippen LogP contribution in [-0.2, 0) is 14.3 Å². The zero-order valence-corrected chi connectivity index (χ0v) is 14.3.